The molecule has 1 aromatic rings. The van der Waals surface area contributed by atoms with Crippen molar-refractivity contribution in [2.75, 3.05) is 19.6 Å². The van der Waals surface area contributed by atoms with Gasteiger partial charge in [-0.2, -0.15) is 5.26 Å². The summed E-state index contributed by atoms with van der Waals surface area (Å²) in [5.74, 6) is 0.703. The second-order valence-corrected chi connectivity index (χ2v) is 4.80. The molecule has 5 nitrogen and oxygen atoms in total. The van der Waals surface area contributed by atoms with Crippen molar-refractivity contribution in [2.24, 2.45) is 0 Å². The second-order valence-electron chi connectivity index (χ2n) is 4.80. The van der Waals surface area contributed by atoms with Gasteiger partial charge in [0.15, 0.2) is 6.10 Å². The van der Waals surface area contributed by atoms with Crippen LogP contribution in [0, 0.1) is 11.3 Å². The van der Waals surface area contributed by atoms with Gasteiger partial charge in [-0.1, -0.05) is 18.2 Å². The predicted molar refractivity (Wildman–Crippen MR) is 68.5 cm³/mol. The van der Waals surface area contributed by atoms with Gasteiger partial charge in [-0.25, -0.2) is 0 Å². The molecule has 1 saturated heterocycles. The highest BCUT2D eigenvalue weighted by atomic mass is 16.5. The van der Waals surface area contributed by atoms with Gasteiger partial charge in [0.1, 0.15) is 11.8 Å². The number of carbonyl (C=O) groups is 1. The van der Waals surface area contributed by atoms with Crippen molar-refractivity contribution >= 4 is 5.91 Å². The van der Waals surface area contributed by atoms with Crippen LogP contribution < -0.4 is 10.1 Å². The molecule has 19 heavy (non-hydrogen) atoms. The van der Waals surface area contributed by atoms with E-state index < -0.39 is 12.1 Å². The molecular weight excluding hydrogens is 242 g/mol. The van der Waals surface area contributed by atoms with E-state index >= 15 is 0 Å². The molecule has 0 bridgehead atoms. The number of ether oxygens (including phenoxy) is 1. The van der Waals surface area contributed by atoms with Crippen molar-refractivity contribution in [1.29, 1.82) is 5.26 Å². The van der Waals surface area contributed by atoms with E-state index in [2.05, 4.69) is 11.4 Å². The zero-order valence-electron chi connectivity index (χ0n) is 10.5. The van der Waals surface area contributed by atoms with Crippen LogP contribution in [-0.2, 0) is 11.2 Å². The normalized spacial score (nSPS) is 25.3. The predicted octanol–water partition coefficient (Wildman–Crippen LogP) is 0.314. The summed E-state index contributed by atoms with van der Waals surface area (Å²) in [6, 6.07) is 9.46. The van der Waals surface area contributed by atoms with Crippen LogP contribution in [0.5, 0.6) is 5.75 Å². The van der Waals surface area contributed by atoms with E-state index in [1.54, 1.807) is 4.90 Å². The molecule has 1 N–H and O–H groups in total. The smallest absolute Gasteiger partial charge is 0.265 e. The monoisotopic (exact) mass is 257 g/mol. The number of nitrogens with zero attached hydrogens (tertiary/aromatic N) is 2. The second kappa shape index (κ2) is 4.90. The highest BCUT2D eigenvalue weighted by Gasteiger charge is 2.36. The lowest BCUT2D eigenvalue weighted by molar-refractivity contribution is -0.140. The summed E-state index contributed by atoms with van der Waals surface area (Å²) in [6.45, 7) is 1.82. The summed E-state index contributed by atoms with van der Waals surface area (Å²) in [5, 5.41) is 12.2. The molecule has 5 heteroatoms. The Labute approximate surface area is 111 Å². The summed E-state index contributed by atoms with van der Waals surface area (Å²) >= 11 is 0. The molecule has 1 fully saturated rings. The Hall–Kier alpha value is -2.06. The van der Waals surface area contributed by atoms with Crippen LogP contribution in [0.2, 0.25) is 0 Å². The third-order valence-electron chi connectivity index (χ3n) is 3.60. The highest BCUT2D eigenvalue weighted by Crippen LogP contribution is 2.29. The molecule has 2 unspecified atom stereocenters. The maximum Gasteiger partial charge on any atom is 0.265 e. The van der Waals surface area contributed by atoms with Crippen molar-refractivity contribution in [3.63, 3.8) is 0 Å². The van der Waals surface area contributed by atoms with E-state index in [0.29, 0.717) is 19.5 Å². The van der Waals surface area contributed by atoms with Crippen molar-refractivity contribution in [3.05, 3.63) is 29.8 Å². The largest absolute Gasteiger partial charge is 0.480 e. The molecule has 1 amide bonds. The highest BCUT2D eigenvalue weighted by molar-refractivity contribution is 5.83. The van der Waals surface area contributed by atoms with Crippen LogP contribution >= 0.6 is 0 Å². The number of nitrogens with one attached hydrogen (secondary N) is 1. The quantitative estimate of drug-likeness (QED) is 0.786. The molecule has 0 saturated carbocycles. The van der Waals surface area contributed by atoms with Crippen LogP contribution in [0.15, 0.2) is 24.3 Å². The molecule has 2 aliphatic heterocycles. The Morgan fingerprint density at radius 1 is 1.47 bits per heavy atom. The van der Waals surface area contributed by atoms with Crippen LogP contribution in [0.25, 0.3) is 0 Å². The fourth-order valence-electron chi connectivity index (χ4n) is 2.59. The average Bonchev–Trinajstić information content (AvgIpc) is 2.90. The Morgan fingerprint density at radius 2 is 2.32 bits per heavy atom. The van der Waals surface area contributed by atoms with Crippen LogP contribution in [0.1, 0.15) is 5.56 Å². The Bertz CT molecular complexity index is 513. The summed E-state index contributed by atoms with van der Waals surface area (Å²) < 4.78 is 5.69. The molecular formula is C14H15N3O2. The molecule has 3 rings (SSSR count). The fourth-order valence-corrected chi connectivity index (χ4v) is 2.59. The van der Waals surface area contributed by atoms with Gasteiger partial charge < -0.3 is 15.0 Å². The van der Waals surface area contributed by atoms with Crippen molar-refractivity contribution < 1.29 is 9.53 Å². The molecule has 2 heterocycles. The number of carbonyl (C=O) groups excluding carboxylic acids is 1. The molecule has 0 spiro atoms. The van der Waals surface area contributed by atoms with Gasteiger partial charge in [-0.05, 0) is 11.6 Å². The lowest BCUT2D eigenvalue weighted by atomic mass is 10.1. The minimum absolute atomic E-state index is 0.0794. The number of hydrogen-bond donors (Lipinski definition) is 1. The minimum atomic E-state index is -0.480. The lowest BCUT2D eigenvalue weighted by Crippen LogP contribution is -2.56. The number of rotatable bonds is 1. The third-order valence-corrected chi connectivity index (χ3v) is 3.60. The van der Waals surface area contributed by atoms with E-state index in [1.165, 1.54) is 0 Å². The molecule has 2 atom stereocenters. The van der Waals surface area contributed by atoms with E-state index in [4.69, 9.17) is 10.00 Å². The van der Waals surface area contributed by atoms with Gasteiger partial charge in [0.2, 0.25) is 0 Å². The summed E-state index contributed by atoms with van der Waals surface area (Å²) in [7, 11) is 0. The van der Waals surface area contributed by atoms with E-state index in [9.17, 15) is 4.79 Å². The topological polar surface area (TPSA) is 65.4 Å². The number of nitriles is 1. The Morgan fingerprint density at radius 3 is 3.11 bits per heavy atom. The molecule has 0 aliphatic carbocycles. The first kappa shape index (κ1) is 12.0. The lowest BCUT2D eigenvalue weighted by Gasteiger charge is -2.33. The zero-order valence-corrected chi connectivity index (χ0v) is 10.5. The van der Waals surface area contributed by atoms with Gasteiger partial charge in [0.05, 0.1) is 6.07 Å². The maximum atomic E-state index is 12.5. The number of hydrogen-bond acceptors (Lipinski definition) is 4. The molecule has 98 valence electrons. The van der Waals surface area contributed by atoms with E-state index in [1.807, 2.05) is 24.3 Å². The van der Waals surface area contributed by atoms with Gasteiger partial charge in [0.25, 0.3) is 5.91 Å². The minimum Gasteiger partial charge on any atom is -0.480 e. The van der Waals surface area contributed by atoms with Gasteiger partial charge in [0, 0.05) is 26.1 Å². The van der Waals surface area contributed by atoms with Gasteiger partial charge >= 0.3 is 0 Å². The van der Waals surface area contributed by atoms with Crippen LogP contribution in [0.4, 0.5) is 0 Å². The van der Waals surface area contributed by atoms with Crippen LogP contribution in [0.3, 0.4) is 0 Å². The molecule has 1 aromatic carbocycles. The number of para-hydroxylation sites is 1. The SMILES string of the molecule is N#CC1CNCCN1C(=O)C1Cc2ccccc2O1. The maximum absolute atomic E-state index is 12.5. The summed E-state index contributed by atoms with van der Waals surface area (Å²) in [6.07, 6.45) is 0.114. The number of amides is 1. The van der Waals surface area contributed by atoms with Crippen LogP contribution in [-0.4, -0.2) is 42.6 Å². The standard InChI is InChI=1S/C14H15N3O2/c15-8-11-9-16-5-6-17(11)14(18)13-7-10-3-1-2-4-12(10)19-13/h1-4,11,13,16H,5-7,9H2. The number of fused-ring (bicyclic) bond motifs is 1. The van der Waals surface area contributed by atoms with Gasteiger partial charge in [-0.15, -0.1) is 0 Å². The third kappa shape index (κ3) is 2.15. The Kier molecular flexibility index (Phi) is 3.10. The first-order valence-corrected chi connectivity index (χ1v) is 6.45. The molecule has 0 radical (unpaired) electrons. The summed E-state index contributed by atoms with van der Waals surface area (Å²) in [5.41, 5.74) is 1.06. The zero-order chi connectivity index (χ0) is 13.2. The average molecular weight is 257 g/mol. The van der Waals surface area contributed by atoms with Crippen molar-refractivity contribution in [1.82, 2.24) is 10.2 Å². The van der Waals surface area contributed by atoms with Crippen molar-refractivity contribution in [3.8, 4) is 11.8 Å². The number of benzene rings is 1. The van der Waals surface area contributed by atoms with Crippen molar-refractivity contribution in [2.45, 2.75) is 18.6 Å². The van der Waals surface area contributed by atoms with E-state index in [0.717, 1.165) is 17.9 Å². The first-order valence-electron chi connectivity index (χ1n) is 6.45. The van der Waals surface area contributed by atoms with Gasteiger partial charge in [-0.3, -0.25) is 4.79 Å². The Balaban J connectivity index is 1.74. The first-order chi connectivity index (χ1) is 9.29. The number of piperazine rings is 1. The summed E-state index contributed by atoms with van der Waals surface area (Å²) in [4.78, 5) is 14.1. The fraction of sp³-hybridized carbons (Fsp3) is 0.429. The molecule has 2 aliphatic rings. The molecule has 0 aromatic heterocycles. The van der Waals surface area contributed by atoms with E-state index in [-0.39, 0.29) is 5.91 Å².